The number of ether oxygens (including phenoxy) is 1. The van der Waals surface area contributed by atoms with E-state index >= 15 is 0 Å². The van der Waals surface area contributed by atoms with Crippen molar-refractivity contribution in [2.45, 2.75) is 6.54 Å². The number of hydrogen-bond donors (Lipinski definition) is 0. The van der Waals surface area contributed by atoms with Crippen LogP contribution in [-0.4, -0.2) is 18.0 Å². The predicted octanol–water partition coefficient (Wildman–Crippen LogP) is 3.33. The first-order chi connectivity index (χ1) is 10.6. The van der Waals surface area contributed by atoms with Gasteiger partial charge in [0.15, 0.2) is 11.7 Å². The standard InChI is InChI=1S/C17H12ClNO3/c18-12-7-5-11(6-8-12)9-19-10-14-16(20)13-3-1-2-4-15(13)22-17(14)21/h1-8,10,14H,9H2/t14-/m1/s1. The second kappa shape index (κ2) is 6.12. The molecule has 0 fully saturated rings. The Morgan fingerprint density at radius 1 is 1.09 bits per heavy atom. The molecule has 0 aliphatic carbocycles. The molecule has 0 amide bonds. The van der Waals surface area contributed by atoms with Gasteiger partial charge in [-0.2, -0.15) is 0 Å². The maximum absolute atomic E-state index is 12.3. The Labute approximate surface area is 132 Å². The quantitative estimate of drug-likeness (QED) is 0.378. The average molecular weight is 314 g/mol. The first-order valence-corrected chi connectivity index (χ1v) is 7.12. The summed E-state index contributed by atoms with van der Waals surface area (Å²) in [5.41, 5.74) is 1.35. The van der Waals surface area contributed by atoms with Crippen molar-refractivity contribution in [3.8, 4) is 5.75 Å². The molecule has 0 N–H and O–H groups in total. The molecule has 22 heavy (non-hydrogen) atoms. The van der Waals surface area contributed by atoms with Gasteiger partial charge in [0.2, 0.25) is 0 Å². The third kappa shape index (κ3) is 2.92. The summed E-state index contributed by atoms with van der Waals surface area (Å²) in [6.45, 7) is 0.371. The highest BCUT2D eigenvalue weighted by Crippen LogP contribution is 2.27. The zero-order valence-corrected chi connectivity index (χ0v) is 12.3. The lowest BCUT2D eigenvalue weighted by atomic mass is 9.95. The normalized spacial score (nSPS) is 17.4. The van der Waals surface area contributed by atoms with Gasteiger partial charge in [-0.1, -0.05) is 35.9 Å². The van der Waals surface area contributed by atoms with E-state index in [2.05, 4.69) is 4.99 Å². The number of ketones is 1. The van der Waals surface area contributed by atoms with Crippen molar-refractivity contribution >= 4 is 29.6 Å². The van der Waals surface area contributed by atoms with Crippen molar-refractivity contribution in [2.75, 3.05) is 0 Å². The van der Waals surface area contributed by atoms with Crippen LogP contribution in [0.4, 0.5) is 0 Å². The highest BCUT2D eigenvalue weighted by atomic mass is 35.5. The first kappa shape index (κ1) is 14.5. The predicted molar refractivity (Wildman–Crippen MR) is 83.5 cm³/mol. The molecule has 0 saturated carbocycles. The van der Waals surface area contributed by atoms with Crippen molar-refractivity contribution in [1.29, 1.82) is 0 Å². The van der Waals surface area contributed by atoms with Crippen LogP contribution >= 0.6 is 11.6 Å². The summed E-state index contributed by atoms with van der Waals surface area (Å²) in [7, 11) is 0. The fourth-order valence-corrected chi connectivity index (χ4v) is 2.31. The summed E-state index contributed by atoms with van der Waals surface area (Å²) < 4.78 is 5.16. The van der Waals surface area contributed by atoms with Crippen LogP contribution in [0, 0.1) is 5.92 Å². The summed E-state index contributed by atoms with van der Waals surface area (Å²) >= 11 is 5.81. The Hall–Kier alpha value is -2.46. The van der Waals surface area contributed by atoms with E-state index in [9.17, 15) is 9.59 Å². The molecule has 1 atom stereocenters. The lowest BCUT2D eigenvalue weighted by molar-refractivity contribution is -0.135. The molecule has 110 valence electrons. The molecule has 2 aromatic rings. The minimum Gasteiger partial charge on any atom is -0.425 e. The van der Waals surface area contributed by atoms with E-state index in [1.807, 2.05) is 12.1 Å². The molecule has 0 spiro atoms. The van der Waals surface area contributed by atoms with E-state index in [1.165, 1.54) is 6.21 Å². The van der Waals surface area contributed by atoms with Gasteiger partial charge < -0.3 is 4.74 Å². The van der Waals surface area contributed by atoms with Crippen LogP contribution in [0.25, 0.3) is 0 Å². The largest absolute Gasteiger partial charge is 0.425 e. The number of para-hydroxylation sites is 1. The van der Waals surface area contributed by atoms with Gasteiger partial charge in [0.1, 0.15) is 5.75 Å². The number of carbonyl (C=O) groups excluding carboxylic acids is 2. The van der Waals surface area contributed by atoms with Gasteiger partial charge in [0, 0.05) is 11.2 Å². The Balaban J connectivity index is 1.75. The topological polar surface area (TPSA) is 55.7 Å². The molecule has 1 aliphatic heterocycles. The molecule has 1 heterocycles. The number of nitrogens with zero attached hydrogens (tertiary/aromatic N) is 1. The van der Waals surface area contributed by atoms with E-state index in [-0.39, 0.29) is 5.78 Å². The Morgan fingerprint density at radius 3 is 2.59 bits per heavy atom. The maximum atomic E-state index is 12.3. The van der Waals surface area contributed by atoms with E-state index in [0.29, 0.717) is 22.9 Å². The van der Waals surface area contributed by atoms with Gasteiger partial charge in [-0.3, -0.25) is 14.6 Å². The van der Waals surface area contributed by atoms with Gasteiger partial charge in [0.25, 0.3) is 0 Å². The number of halogens is 1. The molecule has 5 heteroatoms. The minimum absolute atomic E-state index is 0.285. The second-order valence-electron chi connectivity index (χ2n) is 4.88. The van der Waals surface area contributed by atoms with E-state index < -0.39 is 11.9 Å². The molecule has 4 nitrogen and oxygen atoms in total. The maximum Gasteiger partial charge on any atom is 0.327 e. The van der Waals surface area contributed by atoms with Crippen molar-refractivity contribution < 1.29 is 14.3 Å². The number of benzene rings is 2. The van der Waals surface area contributed by atoms with Crippen LogP contribution in [0.2, 0.25) is 5.02 Å². The zero-order chi connectivity index (χ0) is 15.5. The van der Waals surface area contributed by atoms with Gasteiger partial charge >= 0.3 is 5.97 Å². The zero-order valence-electron chi connectivity index (χ0n) is 11.5. The van der Waals surface area contributed by atoms with Crippen molar-refractivity contribution in [3.63, 3.8) is 0 Å². The molecule has 2 aromatic carbocycles. The molecule has 0 saturated heterocycles. The molecular formula is C17H12ClNO3. The minimum atomic E-state index is -0.984. The van der Waals surface area contributed by atoms with Gasteiger partial charge in [-0.05, 0) is 29.8 Å². The third-order valence-corrected chi connectivity index (χ3v) is 3.59. The molecule has 0 radical (unpaired) electrons. The van der Waals surface area contributed by atoms with Crippen molar-refractivity contribution in [2.24, 2.45) is 10.9 Å². The summed E-state index contributed by atoms with van der Waals surface area (Å²) in [6, 6.07) is 13.9. The van der Waals surface area contributed by atoms with E-state index in [0.717, 1.165) is 5.56 Å². The Morgan fingerprint density at radius 2 is 1.82 bits per heavy atom. The molecule has 1 aliphatic rings. The summed E-state index contributed by atoms with van der Waals surface area (Å²) in [5.74, 6) is -1.56. The third-order valence-electron chi connectivity index (χ3n) is 3.34. The highest BCUT2D eigenvalue weighted by Gasteiger charge is 2.34. The number of fused-ring (bicyclic) bond motifs is 1. The highest BCUT2D eigenvalue weighted by molar-refractivity contribution is 6.30. The van der Waals surface area contributed by atoms with Crippen LogP contribution in [0.5, 0.6) is 5.75 Å². The lowest BCUT2D eigenvalue weighted by Crippen LogP contribution is -2.34. The van der Waals surface area contributed by atoms with Crippen LogP contribution in [0.3, 0.4) is 0 Å². The van der Waals surface area contributed by atoms with Crippen LogP contribution in [0.1, 0.15) is 15.9 Å². The van der Waals surface area contributed by atoms with Crippen LogP contribution in [0.15, 0.2) is 53.5 Å². The number of aliphatic imine (C=N–C) groups is 1. The molecule has 3 rings (SSSR count). The van der Waals surface area contributed by atoms with Gasteiger partial charge in [-0.15, -0.1) is 0 Å². The smallest absolute Gasteiger partial charge is 0.327 e. The molecule has 0 aromatic heterocycles. The number of Topliss-reactive ketones (excluding diaryl/α,β-unsaturated/α-hetero) is 1. The van der Waals surface area contributed by atoms with Gasteiger partial charge in [-0.25, -0.2) is 0 Å². The molecular weight excluding hydrogens is 302 g/mol. The fraction of sp³-hybridized carbons (Fsp3) is 0.118. The summed E-state index contributed by atoms with van der Waals surface area (Å²) in [6.07, 6.45) is 1.36. The average Bonchev–Trinajstić information content (AvgIpc) is 2.52. The van der Waals surface area contributed by atoms with E-state index in [4.69, 9.17) is 16.3 Å². The second-order valence-corrected chi connectivity index (χ2v) is 5.31. The summed E-state index contributed by atoms with van der Waals surface area (Å²) in [5, 5.41) is 0.648. The number of rotatable bonds is 3. The number of esters is 1. The van der Waals surface area contributed by atoms with Gasteiger partial charge in [0.05, 0.1) is 12.1 Å². The summed E-state index contributed by atoms with van der Waals surface area (Å²) in [4.78, 5) is 28.4. The lowest BCUT2D eigenvalue weighted by Gasteiger charge is -2.19. The monoisotopic (exact) mass is 313 g/mol. The fourth-order valence-electron chi connectivity index (χ4n) is 2.19. The number of hydrogen-bond acceptors (Lipinski definition) is 4. The van der Waals surface area contributed by atoms with Crippen LogP contribution in [-0.2, 0) is 11.3 Å². The molecule has 0 bridgehead atoms. The van der Waals surface area contributed by atoms with Crippen molar-refractivity contribution in [1.82, 2.24) is 0 Å². The van der Waals surface area contributed by atoms with Crippen molar-refractivity contribution in [3.05, 3.63) is 64.7 Å². The first-order valence-electron chi connectivity index (χ1n) is 6.74. The van der Waals surface area contributed by atoms with E-state index in [1.54, 1.807) is 36.4 Å². The number of carbonyl (C=O) groups is 2. The van der Waals surface area contributed by atoms with Crippen LogP contribution < -0.4 is 4.74 Å². The molecule has 0 unspecified atom stereocenters. The SMILES string of the molecule is O=C1Oc2ccccc2C(=O)[C@H]1C=NCc1ccc(Cl)cc1. The Bertz CT molecular complexity index is 753. The Kier molecular flexibility index (Phi) is 4.02.